The number of benzene rings is 1. The van der Waals surface area contributed by atoms with E-state index in [1.807, 2.05) is 19.0 Å². The molecular formula is C18H27N5O3. The van der Waals surface area contributed by atoms with E-state index >= 15 is 0 Å². The van der Waals surface area contributed by atoms with Crippen LogP contribution in [0.4, 0.5) is 0 Å². The van der Waals surface area contributed by atoms with Crippen molar-refractivity contribution in [3.05, 3.63) is 28.8 Å². The topological polar surface area (TPSA) is 97.9 Å². The molecule has 0 spiro atoms. The Bertz CT molecular complexity index is 698. The molecule has 8 heteroatoms. The van der Waals surface area contributed by atoms with Crippen molar-refractivity contribution in [3.8, 4) is 5.75 Å². The van der Waals surface area contributed by atoms with Gasteiger partial charge in [-0.3, -0.25) is 20.4 Å². The van der Waals surface area contributed by atoms with E-state index in [0.717, 1.165) is 36.0 Å². The summed E-state index contributed by atoms with van der Waals surface area (Å²) in [6, 6.07) is 3.74. The average molecular weight is 361 g/mol. The normalized spacial score (nSPS) is 31.3. The molecule has 26 heavy (non-hydrogen) atoms. The van der Waals surface area contributed by atoms with Crippen LogP contribution in [0.5, 0.6) is 5.75 Å². The van der Waals surface area contributed by atoms with Crippen molar-refractivity contribution in [1.29, 1.82) is 0 Å². The van der Waals surface area contributed by atoms with Crippen LogP contribution in [0.25, 0.3) is 0 Å². The third-order valence-corrected chi connectivity index (χ3v) is 5.49. The van der Waals surface area contributed by atoms with Crippen LogP contribution in [-0.4, -0.2) is 42.4 Å². The number of fused-ring (bicyclic) bond motifs is 1. The number of phenols is 1. The zero-order valence-electron chi connectivity index (χ0n) is 15.2. The van der Waals surface area contributed by atoms with Crippen LogP contribution in [0.15, 0.2) is 12.1 Å². The molecule has 0 aromatic heterocycles. The molecule has 1 aromatic rings. The summed E-state index contributed by atoms with van der Waals surface area (Å²) in [4.78, 5) is 18.0. The Morgan fingerprint density at radius 1 is 1.46 bits per heavy atom. The first kappa shape index (κ1) is 17.7. The highest BCUT2D eigenvalue weighted by molar-refractivity contribution is 5.80. The molecule has 0 saturated carbocycles. The van der Waals surface area contributed by atoms with Crippen molar-refractivity contribution in [2.24, 2.45) is 5.92 Å². The Hall–Kier alpha value is -1.71. The minimum absolute atomic E-state index is 0.0272. The maximum atomic E-state index is 12.5. The minimum atomic E-state index is -0.134. The van der Waals surface area contributed by atoms with E-state index in [-0.39, 0.29) is 36.0 Å². The fourth-order valence-corrected chi connectivity index (χ4v) is 4.05. The first-order chi connectivity index (χ1) is 12.5. The van der Waals surface area contributed by atoms with E-state index in [4.69, 9.17) is 4.84 Å². The van der Waals surface area contributed by atoms with Gasteiger partial charge >= 0.3 is 0 Å². The van der Waals surface area contributed by atoms with Crippen LogP contribution in [-0.2, 0) is 16.1 Å². The lowest BCUT2D eigenvalue weighted by Gasteiger charge is -2.19. The van der Waals surface area contributed by atoms with Crippen molar-refractivity contribution in [3.63, 3.8) is 0 Å². The molecule has 8 nitrogen and oxygen atoms in total. The fraction of sp³-hybridized carbons (Fsp3) is 0.611. The number of carbonyl (C=O) groups is 1. The lowest BCUT2D eigenvalue weighted by atomic mass is 10.0. The van der Waals surface area contributed by atoms with Gasteiger partial charge in [0.25, 0.3) is 0 Å². The van der Waals surface area contributed by atoms with Crippen LogP contribution in [0.1, 0.15) is 48.7 Å². The number of amides is 1. The predicted molar refractivity (Wildman–Crippen MR) is 95.6 cm³/mol. The predicted octanol–water partition coefficient (Wildman–Crippen LogP) is 0.421. The van der Waals surface area contributed by atoms with Gasteiger partial charge in [0.05, 0.1) is 12.0 Å². The molecule has 142 valence electrons. The lowest BCUT2D eigenvalue weighted by Crippen LogP contribution is -2.35. The number of phenolic OH excluding ortho intramolecular Hbond substituents is 1. The first-order valence-corrected chi connectivity index (χ1v) is 9.33. The van der Waals surface area contributed by atoms with Crippen molar-refractivity contribution >= 4 is 5.91 Å². The van der Waals surface area contributed by atoms with E-state index in [1.165, 1.54) is 0 Å². The third-order valence-electron chi connectivity index (χ3n) is 5.49. The highest BCUT2D eigenvalue weighted by atomic mass is 16.7. The molecule has 3 unspecified atom stereocenters. The number of hydrogen-bond donors (Lipinski definition) is 5. The largest absolute Gasteiger partial charge is 0.508 e. The van der Waals surface area contributed by atoms with Crippen molar-refractivity contribution in [1.82, 2.24) is 26.5 Å². The highest BCUT2D eigenvalue weighted by Gasteiger charge is 2.33. The number of hydroxylamine groups is 1. The molecule has 4 atom stereocenters. The Morgan fingerprint density at radius 2 is 2.31 bits per heavy atom. The van der Waals surface area contributed by atoms with Gasteiger partial charge in [-0.05, 0) is 36.5 Å². The number of aryl methyl sites for hydroxylation is 1. The van der Waals surface area contributed by atoms with Gasteiger partial charge < -0.3 is 10.4 Å². The second-order valence-corrected chi connectivity index (χ2v) is 7.38. The summed E-state index contributed by atoms with van der Waals surface area (Å²) in [5.74, 6) is 0.229. The van der Waals surface area contributed by atoms with Gasteiger partial charge in [-0.25, -0.2) is 5.01 Å². The van der Waals surface area contributed by atoms with E-state index in [9.17, 15) is 9.90 Å². The van der Waals surface area contributed by atoms with Crippen molar-refractivity contribution < 1.29 is 14.7 Å². The minimum Gasteiger partial charge on any atom is -0.508 e. The molecule has 2 saturated heterocycles. The van der Waals surface area contributed by atoms with Crippen LogP contribution < -0.4 is 21.5 Å². The molecule has 2 heterocycles. The summed E-state index contributed by atoms with van der Waals surface area (Å²) in [6.45, 7) is 3.41. The maximum Gasteiger partial charge on any atom is 0.226 e. The molecule has 2 aliphatic heterocycles. The summed E-state index contributed by atoms with van der Waals surface area (Å²) in [6.07, 6.45) is 2.35. The number of hydrogen-bond acceptors (Lipinski definition) is 7. The SMILES string of the molecule is CCC1NC(c2cc(O)c3c(c2)CC[C@H]3NC(=O)C2CNN(C)C2)NO1. The maximum absolute atomic E-state index is 12.5. The standard InChI is InChI=1S/C18H27N5O3/c1-3-15-21-17(22-26-15)11-6-10-4-5-13(16(10)14(24)7-11)20-18(25)12-8-19-23(2)9-12/h6-7,12-13,15,17,19,21-22,24H,3-5,8-9H2,1-2H3,(H,20,25)/t12?,13-,15?,17?/m1/s1. The second kappa shape index (κ2) is 7.13. The van der Waals surface area contributed by atoms with E-state index in [0.29, 0.717) is 13.1 Å². The van der Waals surface area contributed by atoms with Crippen LogP contribution >= 0.6 is 0 Å². The Morgan fingerprint density at radius 3 is 3.00 bits per heavy atom. The fourth-order valence-electron chi connectivity index (χ4n) is 4.05. The highest BCUT2D eigenvalue weighted by Crippen LogP contribution is 2.39. The van der Waals surface area contributed by atoms with Crippen LogP contribution in [0, 0.1) is 5.92 Å². The number of aromatic hydroxyl groups is 1. The molecule has 4 rings (SSSR count). The number of nitrogens with one attached hydrogen (secondary N) is 4. The Kier molecular flexibility index (Phi) is 4.85. The van der Waals surface area contributed by atoms with E-state index in [2.05, 4.69) is 27.6 Å². The van der Waals surface area contributed by atoms with Crippen molar-refractivity contribution in [2.45, 2.75) is 44.6 Å². The number of rotatable bonds is 4. The average Bonchev–Trinajstić information content (AvgIpc) is 3.34. The summed E-state index contributed by atoms with van der Waals surface area (Å²) in [5, 5.41) is 19.0. The number of hydrazine groups is 1. The van der Waals surface area contributed by atoms with Gasteiger partial charge in [-0.15, -0.1) is 0 Å². The molecule has 2 fully saturated rings. The number of carbonyl (C=O) groups excluding carboxylic acids is 1. The molecular weight excluding hydrogens is 334 g/mol. The van der Waals surface area contributed by atoms with Crippen molar-refractivity contribution in [2.75, 3.05) is 20.1 Å². The molecule has 5 N–H and O–H groups in total. The molecule has 3 aliphatic rings. The summed E-state index contributed by atoms with van der Waals surface area (Å²) < 4.78 is 0. The smallest absolute Gasteiger partial charge is 0.226 e. The van der Waals surface area contributed by atoms with E-state index in [1.54, 1.807) is 6.07 Å². The zero-order valence-corrected chi connectivity index (χ0v) is 15.2. The Labute approximate surface area is 153 Å². The summed E-state index contributed by atoms with van der Waals surface area (Å²) in [7, 11) is 1.93. The molecule has 1 amide bonds. The third kappa shape index (κ3) is 3.30. The molecule has 1 aromatic carbocycles. The van der Waals surface area contributed by atoms with Gasteiger partial charge in [-0.2, -0.15) is 5.48 Å². The summed E-state index contributed by atoms with van der Waals surface area (Å²) in [5.41, 5.74) is 9.02. The van der Waals surface area contributed by atoms with E-state index < -0.39 is 0 Å². The molecule has 0 bridgehead atoms. The number of nitrogens with zero attached hydrogens (tertiary/aromatic N) is 1. The quantitative estimate of drug-likeness (QED) is 0.530. The second-order valence-electron chi connectivity index (χ2n) is 7.38. The van der Waals surface area contributed by atoms with Crippen LogP contribution in [0.3, 0.4) is 0 Å². The Balaban J connectivity index is 1.48. The zero-order chi connectivity index (χ0) is 18.3. The monoisotopic (exact) mass is 361 g/mol. The van der Waals surface area contributed by atoms with Gasteiger partial charge in [0.2, 0.25) is 5.91 Å². The van der Waals surface area contributed by atoms with Gasteiger partial charge in [-0.1, -0.05) is 13.0 Å². The van der Waals surface area contributed by atoms with Gasteiger partial charge in [0.15, 0.2) is 0 Å². The van der Waals surface area contributed by atoms with Gasteiger partial charge in [0, 0.05) is 25.7 Å². The van der Waals surface area contributed by atoms with Gasteiger partial charge in [0.1, 0.15) is 18.1 Å². The summed E-state index contributed by atoms with van der Waals surface area (Å²) >= 11 is 0. The molecule has 1 aliphatic carbocycles. The van der Waals surface area contributed by atoms with Crippen LogP contribution in [0.2, 0.25) is 0 Å². The lowest BCUT2D eigenvalue weighted by molar-refractivity contribution is -0.125. The first-order valence-electron chi connectivity index (χ1n) is 9.33. The molecule has 0 radical (unpaired) electrons.